The predicted molar refractivity (Wildman–Crippen MR) is 85.4 cm³/mol. The van der Waals surface area contributed by atoms with Crippen molar-refractivity contribution in [3.05, 3.63) is 59.7 Å². The van der Waals surface area contributed by atoms with E-state index in [9.17, 15) is 9.59 Å². The number of rotatable bonds is 5. The van der Waals surface area contributed by atoms with Gasteiger partial charge < -0.3 is 10.2 Å². The van der Waals surface area contributed by atoms with E-state index in [4.69, 9.17) is 0 Å². The molecule has 0 bridgehead atoms. The van der Waals surface area contributed by atoms with Gasteiger partial charge in [-0.1, -0.05) is 0 Å². The molecule has 2 aromatic carbocycles. The lowest BCUT2D eigenvalue weighted by molar-refractivity contribution is 0.0817. The molecule has 0 amide bonds. The van der Waals surface area contributed by atoms with Crippen molar-refractivity contribution >= 4 is 22.9 Å². The highest BCUT2D eigenvalue weighted by atomic mass is 16.2. The van der Waals surface area contributed by atoms with Crippen LogP contribution in [0.25, 0.3) is 0 Å². The minimum absolute atomic E-state index is 0.399. The summed E-state index contributed by atoms with van der Waals surface area (Å²) in [5.74, 6) is -0.979. The summed E-state index contributed by atoms with van der Waals surface area (Å²) in [5.41, 5.74) is 2.69. The van der Waals surface area contributed by atoms with Crippen LogP contribution in [0.5, 0.6) is 0 Å². The topological polar surface area (TPSA) is 49.4 Å². The Hall–Kier alpha value is -2.62. The minimum Gasteiger partial charge on any atom is -0.388 e. The first-order valence-electron chi connectivity index (χ1n) is 6.67. The third-order valence-corrected chi connectivity index (χ3v) is 3.29. The van der Waals surface area contributed by atoms with Gasteiger partial charge in [-0.25, -0.2) is 0 Å². The van der Waals surface area contributed by atoms with Crippen LogP contribution < -0.4 is 10.2 Å². The van der Waals surface area contributed by atoms with Crippen LogP contribution in [0.1, 0.15) is 20.7 Å². The van der Waals surface area contributed by atoms with Crippen LogP contribution in [0.15, 0.2) is 48.5 Å². The molecule has 21 heavy (non-hydrogen) atoms. The van der Waals surface area contributed by atoms with Crippen molar-refractivity contribution in [2.24, 2.45) is 0 Å². The van der Waals surface area contributed by atoms with Gasteiger partial charge in [0.25, 0.3) is 0 Å². The first-order valence-corrected chi connectivity index (χ1v) is 6.67. The average Bonchev–Trinajstić information content (AvgIpc) is 2.53. The zero-order valence-corrected chi connectivity index (χ0v) is 12.4. The molecule has 0 aliphatic rings. The Bertz CT molecular complexity index is 643. The molecule has 2 rings (SSSR count). The van der Waals surface area contributed by atoms with E-state index in [2.05, 4.69) is 5.32 Å². The van der Waals surface area contributed by atoms with E-state index in [1.54, 1.807) is 43.4 Å². The van der Waals surface area contributed by atoms with Gasteiger partial charge in [-0.2, -0.15) is 0 Å². The Kier molecular flexibility index (Phi) is 4.38. The van der Waals surface area contributed by atoms with Crippen molar-refractivity contribution < 1.29 is 9.59 Å². The fourth-order valence-electron chi connectivity index (χ4n) is 1.96. The molecule has 0 saturated heterocycles. The predicted octanol–water partition coefficient (Wildman–Crippen LogP) is 2.86. The fraction of sp³-hybridized carbons (Fsp3) is 0.176. The van der Waals surface area contributed by atoms with Crippen LogP contribution >= 0.6 is 0 Å². The molecule has 0 aromatic heterocycles. The number of nitrogens with one attached hydrogen (secondary N) is 1. The monoisotopic (exact) mass is 282 g/mol. The number of benzene rings is 2. The van der Waals surface area contributed by atoms with Crippen LogP contribution in [0.3, 0.4) is 0 Å². The van der Waals surface area contributed by atoms with Crippen LogP contribution in [0.2, 0.25) is 0 Å². The van der Waals surface area contributed by atoms with Crippen LogP contribution in [0, 0.1) is 0 Å². The van der Waals surface area contributed by atoms with Gasteiger partial charge in [0.05, 0.1) is 0 Å². The largest absolute Gasteiger partial charge is 0.388 e. The van der Waals surface area contributed by atoms with E-state index in [-0.39, 0.29) is 0 Å². The number of hydrogen-bond acceptors (Lipinski definition) is 4. The highest BCUT2D eigenvalue weighted by Gasteiger charge is 2.18. The molecule has 4 nitrogen and oxygen atoms in total. The molecule has 108 valence electrons. The fourth-order valence-corrected chi connectivity index (χ4v) is 1.96. The van der Waals surface area contributed by atoms with Gasteiger partial charge in [-0.15, -0.1) is 0 Å². The Morgan fingerprint density at radius 1 is 0.810 bits per heavy atom. The average molecular weight is 282 g/mol. The number of carbonyl (C=O) groups is 2. The highest BCUT2D eigenvalue weighted by Crippen LogP contribution is 2.15. The van der Waals surface area contributed by atoms with Crippen molar-refractivity contribution in [1.82, 2.24) is 0 Å². The van der Waals surface area contributed by atoms with Crippen molar-refractivity contribution in [2.45, 2.75) is 0 Å². The summed E-state index contributed by atoms with van der Waals surface area (Å²) in [6.07, 6.45) is 0. The molecular formula is C17H18N2O2. The summed E-state index contributed by atoms with van der Waals surface area (Å²) in [4.78, 5) is 26.3. The normalized spacial score (nSPS) is 10.0. The number of hydrogen-bond donors (Lipinski definition) is 1. The highest BCUT2D eigenvalue weighted by molar-refractivity contribution is 6.49. The van der Waals surface area contributed by atoms with Gasteiger partial charge in [-0.05, 0) is 48.5 Å². The van der Waals surface area contributed by atoms with E-state index >= 15 is 0 Å². The van der Waals surface area contributed by atoms with E-state index in [1.807, 2.05) is 31.1 Å². The maximum Gasteiger partial charge on any atom is 0.233 e. The molecule has 0 radical (unpaired) electrons. The lowest BCUT2D eigenvalue weighted by atomic mass is 10.0. The molecule has 0 fully saturated rings. The molecule has 4 heteroatoms. The Balaban J connectivity index is 2.19. The quantitative estimate of drug-likeness (QED) is 0.676. The zero-order chi connectivity index (χ0) is 15.4. The van der Waals surface area contributed by atoms with E-state index < -0.39 is 11.6 Å². The summed E-state index contributed by atoms with van der Waals surface area (Å²) in [6, 6.07) is 13.9. The molecule has 0 unspecified atom stereocenters. The lowest BCUT2D eigenvalue weighted by Crippen LogP contribution is -2.15. The molecule has 0 atom stereocenters. The summed E-state index contributed by atoms with van der Waals surface area (Å²) in [5, 5.41) is 2.97. The van der Waals surface area contributed by atoms with Crippen molar-refractivity contribution in [3.63, 3.8) is 0 Å². The first-order chi connectivity index (χ1) is 10.0. The smallest absolute Gasteiger partial charge is 0.233 e. The second-order valence-corrected chi connectivity index (χ2v) is 4.93. The lowest BCUT2D eigenvalue weighted by Gasteiger charge is -2.12. The standard InChI is InChI=1S/C17H18N2O2/c1-18-14-8-4-12(5-9-14)16(20)17(21)13-6-10-15(11-7-13)19(2)3/h4-11,18H,1-3H3. The summed E-state index contributed by atoms with van der Waals surface area (Å²) >= 11 is 0. The summed E-state index contributed by atoms with van der Waals surface area (Å²) < 4.78 is 0. The number of anilines is 2. The molecule has 0 saturated carbocycles. The van der Waals surface area contributed by atoms with Gasteiger partial charge in [0.2, 0.25) is 11.6 Å². The molecule has 0 aliphatic heterocycles. The number of carbonyl (C=O) groups excluding carboxylic acids is 2. The van der Waals surface area contributed by atoms with Gasteiger partial charge in [-0.3, -0.25) is 9.59 Å². The van der Waals surface area contributed by atoms with Gasteiger partial charge in [0.1, 0.15) is 0 Å². The Morgan fingerprint density at radius 3 is 1.62 bits per heavy atom. The SMILES string of the molecule is CNc1ccc(C(=O)C(=O)c2ccc(N(C)C)cc2)cc1. The van der Waals surface area contributed by atoms with Crippen molar-refractivity contribution in [1.29, 1.82) is 0 Å². The Labute approximate surface area is 124 Å². The van der Waals surface area contributed by atoms with E-state index in [1.165, 1.54) is 0 Å². The number of Topliss-reactive ketones (excluding diaryl/α,β-unsaturated/α-hetero) is 2. The summed E-state index contributed by atoms with van der Waals surface area (Å²) in [6.45, 7) is 0. The second-order valence-electron chi connectivity index (χ2n) is 4.93. The maximum atomic E-state index is 12.2. The van der Waals surface area contributed by atoms with Crippen LogP contribution in [-0.4, -0.2) is 32.7 Å². The molecule has 0 heterocycles. The minimum atomic E-state index is -0.491. The molecule has 0 aliphatic carbocycles. The first kappa shape index (κ1) is 14.8. The molecule has 2 aromatic rings. The van der Waals surface area contributed by atoms with Crippen molar-refractivity contribution in [3.8, 4) is 0 Å². The van der Waals surface area contributed by atoms with Gasteiger partial charge >= 0.3 is 0 Å². The molecule has 1 N–H and O–H groups in total. The van der Waals surface area contributed by atoms with Gasteiger partial charge in [0.15, 0.2) is 0 Å². The maximum absolute atomic E-state index is 12.2. The number of ketones is 2. The van der Waals surface area contributed by atoms with Crippen LogP contribution in [-0.2, 0) is 0 Å². The zero-order valence-electron chi connectivity index (χ0n) is 12.4. The van der Waals surface area contributed by atoms with E-state index in [0.29, 0.717) is 11.1 Å². The molecule has 0 spiro atoms. The number of nitrogens with zero attached hydrogens (tertiary/aromatic N) is 1. The molecular weight excluding hydrogens is 264 g/mol. The third-order valence-electron chi connectivity index (χ3n) is 3.29. The van der Waals surface area contributed by atoms with Gasteiger partial charge in [0, 0.05) is 43.6 Å². The third kappa shape index (κ3) is 3.28. The van der Waals surface area contributed by atoms with E-state index in [0.717, 1.165) is 11.4 Å². The second kappa shape index (κ2) is 6.22. The van der Waals surface area contributed by atoms with Crippen LogP contribution in [0.4, 0.5) is 11.4 Å². The Morgan fingerprint density at radius 2 is 1.24 bits per heavy atom. The van der Waals surface area contributed by atoms with Crippen molar-refractivity contribution in [2.75, 3.05) is 31.4 Å². The summed E-state index contributed by atoms with van der Waals surface area (Å²) in [7, 11) is 5.64.